The van der Waals surface area contributed by atoms with E-state index < -0.39 is 0 Å². The van der Waals surface area contributed by atoms with Crippen LogP contribution in [0.15, 0.2) is 58.4 Å². The summed E-state index contributed by atoms with van der Waals surface area (Å²) in [5.74, 6) is -0.694. The fourth-order valence-corrected chi connectivity index (χ4v) is 3.32. The summed E-state index contributed by atoms with van der Waals surface area (Å²) in [7, 11) is 0. The van der Waals surface area contributed by atoms with Crippen LogP contribution in [0.3, 0.4) is 0 Å². The highest BCUT2D eigenvalue weighted by Crippen LogP contribution is 2.24. The number of hydrogen-bond acceptors (Lipinski definition) is 4. The normalized spacial score (nSPS) is 10.4. The Morgan fingerprint density at radius 1 is 1.04 bits per heavy atom. The maximum atomic E-state index is 12.0. The Hall–Kier alpha value is -2.51. The Balaban J connectivity index is 1.54. The molecular formula is C19H16BrN3O2S. The van der Waals surface area contributed by atoms with E-state index in [1.54, 1.807) is 24.3 Å². The van der Waals surface area contributed by atoms with Crippen LogP contribution in [0.5, 0.6) is 0 Å². The predicted octanol–water partition coefficient (Wildman–Crippen LogP) is 3.88. The van der Waals surface area contributed by atoms with Crippen LogP contribution < -0.4 is 10.9 Å². The van der Waals surface area contributed by atoms with Crippen molar-refractivity contribution in [3.63, 3.8) is 0 Å². The number of aromatic nitrogens is 1. The molecule has 0 aliphatic carbocycles. The van der Waals surface area contributed by atoms with Gasteiger partial charge in [0.05, 0.1) is 12.1 Å². The standard InChI is InChI=1S/C19H16BrN3O2S/c1-12-2-4-14(5-3-12)19-21-16(11-26-19)10-17(24)22-23-18(25)13-6-8-15(20)9-7-13/h2-9,11H,10H2,1H3,(H,22,24)(H,23,25). The van der Waals surface area contributed by atoms with E-state index in [-0.39, 0.29) is 18.2 Å². The first-order valence-corrected chi connectivity index (χ1v) is 9.55. The molecule has 0 bridgehead atoms. The molecule has 0 saturated heterocycles. The molecule has 7 heteroatoms. The number of carbonyl (C=O) groups is 2. The molecule has 26 heavy (non-hydrogen) atoms. The molecule has 132 valence electrons. The summed E-state index contributed by atoms with van der Waals surface area (Å²) in [5.41, 5.74) is 8.16. The first-order valence-electron chi connectivity index (χ1n) is 7.87. The molecule has 0 aliphatic heterocycles. The van der Waals surface area contributed by atoms with Gasteiger partial charge in [0.2, 0.25) is 5.91 Å². The van der Waals surface area contributed by atoms with Gasteiger partial charge >= 0.3 is 0 Å². The van der Waals surface area contributed by atoms with Crippen LogP contribution in [-0.2, 0) is 11.2 Å². The van der Waals surface area contributed by atoms with Gasteiger partial charge in [-0.25, -0.2) is 4.98 Å². The first kappa shape index (κ1) is 18.3. The van der Waals surface area contributed by atoms with E-state index in [9.17, 15) is 9.59 Å². The third-order valence-electron chi connectivity index (χ3n) is 3.61. The second kappa shape index (κ2) is 8.25. The van der Waals surface area contributed by atoms with Gasteiger partial charge in [0.1, 0.15) is 5.01 Å². The van der Waals surface area contributed by atoms with Crippen LogP contribution in [-0.4, -0.2) is 16.8 Å². The number of carbonyl (C=O) groups excluding carboxylic acids is 2. The molecule has 0 atom stereocenters. The van der Waals surface area contributed by atoms with Gasteiger partial charge in [-0.15, -0.1) is 11.3 Å². The average Bonchev–Trinajstić information content (AvgIpc) is 3.09. The van der Waals surface area contributed by atoms with E-state index in [4.69, 9.17) is 0 Å². The number of aryl methyl sites for hydroxylation is 1. The minimum Gasteiger partial charge on any atom is -0.273 e. The third-order valence-corrected chi connectivity index (χ3v) is 5.08. The van der Waals surface area contributed by atoms with Crippen molar-refractivity contribution in [2.24, 2.45) is 0 Å². The highest BCUT2D eigenvalue weighted by atomic mass is 79.9. The lowest BCUT2D eigenvalue weighted by atomic mass is 10.2. The lowest BCUT2D eigenvalue weighted by Crippen LogP contribution is -2.42. The Morgan fingerprint density at radius 3 is 2.42 bits per heavy atom. The Kier molecular flexibility index (Phi) is 5.80. The van der Waals surface area contributed by atoms with E-state index in [0.29, 0.717) is 11.3 Å². The number of hydrogen-bond donors (Lipinski definition) is 2. The molecule has 3 aromatic rings. The van der Waals surface area contributed by atoms with Crippen LogP contribution in [0.4, 0.5) is 0 Å². The average molecular weight is 430 g/mol. The van der Waals surface area contributed by atoms with E-state index in [1.807, 2.05) is 36.6 Å². The summed E-state index contributed by atoms with van der Waals surface area (Å²) >= 11 is 4.80. The number of rotatable bonds is 4. The topological polar surface area (TPSA) is 71.1 Å². The van der Waals surface area contributed by atoms with Crippen molar-refractivity contribution in [3.05, 3.63) is 75.2 Å². The monoisotopic (exact) mass is 429 g/mol. The van der Waals surface area contributed by atoms with Crippen LogP contribution in [0, 0.1) is 6.92 Å². The maximum absolute atomic E-state index is 12.0. The summed E-state index contributed by atoms with van der Waals surface area (Å²) in [6.45, 7) is 2.03. The molecule has 1 heterocycles. The summed E-state index contributed by atoms with van der Waals surface area (Å²) in [6, 6.07) is 14.9. The quantitative estimate of drug-likeness (QED) is 0.618. The van der Waals surface area contributed by atoms with Crippen LogP contribution in [0.2, 0.25) is 0 Å². The van der Waals surface area contributed by atoms with Crippen LogP contribution in [0.1, 0.15) is 21.6 Å². The fourth-order valence-electron chi connectivity index (χ4n) is 2.23. The van der Waals surface area contributed by atoms with Crippen molar-refractivity contribution in [2.45, 2.75) is 13.3 Å². The molecule has 3 rings (SSSR count). The number of nitrogens with zero attached hydrogens (tertiary/aromatic N) is 1. The molecule has 1 aromatic heterocycles. The van der Waals surface area contributed by atoms with Crippen LogP contribution >= 0.6 is 27.3 Å². The van der Waals surface area contributed by atoms with Gasteiger partial charge in [0, 0.05) is 21.0 Å². The maximum Gasteiger partial charge on any atom is 0.269 e. The number of benzene rings is 2. The molecule has 0 saturated carbocycles. The van der Waals surface area contributed by atoms with Crippen molar-refractivity contribution in [3.8, 4) is 10.6 Å². The molecule has 0 radical (unpaired) electrons. The minimum atomic E-state index is -0.371. The highest BCUT2D eigenvalue weighted by Gasteiger charge is 2.11. The molecule has 0 unspecified atom stereocenters. The molecule has 0 fully saturated rings. The van der Waals surface area contributed by atoms with Crippen molar-refractivity contribution in [1.29, 1.82) is 0 Å². The van der Waals surface area contributed by atoms with Gasteiger partial charge in [-0.05, 0) is 31.2 Å². The Morgan fingerprint density at radius 2 is 1.73 bits per heavy atom. The van der Waals surface area contributed by atoms with Crippen molar-refractivity contribution in [1.82, 2.24) is 15.8 Å². The largest absolute Gasteiger partial charge is 0.273 e. The second-order valence-electron chi connectivity index (χ2n) is 5.70. The zero-order valence-electron chi connectivity index (χ0n) is 14.0. The Labute approximate surface area is 163 Å². The zero-order chi connectivity index (χ0) is 18.5. The van der Waals surface area contributed by atoms with Gasteiger partial charge in [-0.2, -0.15) is 0 Å². The number of nitrogens with one attached hydrogen (secondary N) is 2. The van der Waals surface area contributed by atoms with Gasteiger partial charge in [0.25, 0.3) is 5.91 Å². The number of halogens is 1. The van der Waals surface area contributed by atoms with Gasteiger partial charge < -0.3 is 0 Å². The van der Waals surface area contributed by atoms with E-state index >= 15 is 0 Å². The first-order chi connectivity index (χ1) is 12.5. The van der Waals surface area contributed by atoms with E-state index in [2.05, 4.69) is 31.8 Å². The lowest BCUT2D eigenvalue weighted by Gasteiger charge is -2.06. The summed E-state index contributed by atoms with van der Waals surface area (Å²) < 4.78 is 0.881. The number of amides is 2. The molecule has 2 aromatic carbocycles. The van der Waals surface area contributed by atoms with E-state index in [1.165, 1.54) is 16.9 Å². The number of hydrazine groups is 1. The van der Waals surface area contributed by atoms with Gasteiger partial charge in [-0.3, -0.25) is 20.4 Å². The molecule has 2 N–H and O–H groups in total. The second-order valence-corrected chi connectivity index (χ2v) is 7.47. The smallest absolute Gasteiger partial charge is 0.269 e. The minimum absolute atomic E-state index is 0.100. The summed E-state index contributed by atoms with van der Waals surface area (Å²) in [4.78, 5) is 28.5. The van der Waals surface area contributed by atoms with Crippen molar-refractivity contribution < 1.29 is 9.59 Å². The fraction of sp³-hybridized carbons (Fsp3) is 0.105. The molecule has 5 nitrogen and oxygen atoms in total. The molecule has 2 amide bonds. The van der Waals surface area contributed by atoms with Gasteiger partial charge in [-0.1, -0.05) is 45.8 Å². The van der Waals surface area contributed by atoms with Gasteiger partial charge in [0.15, 0.2) is 0 Å². The molecule has 0 spiro atoms. The SMILES string of the molecule is Cc1ccc(-c2nc(CC(=O)NNC(=O)c3ccc(Br)cc3)cs2)cc1. The third kappa shape index (κ3) is 4.77. The zero-order valence-corrected chi connectivity index (χ0v) is 16.4. The highest BCUT2D eigenvalue weighted by molar-refractivity contribution is 9.10. The molecule has 0 aliphatic rings. The summed E-state index contributed by atoms with van der Waals surface area (Å²) in [6.07, 6.45) is 0.100. The Bertz CT molecular complexity index is 921. The van der Waals surface area contributed by atoms with Crippen molar-refractivity contribution in [2.75, 3.05) is 0 Å². The summed E-state index contributed by atoms with van der Waals surface area (Å²) in [5, 5.41) is 2.72. The number of thiazole rings is 1. The van der Waals surface area contributed by atoms with E-state index in [0.717, 1.165) is 15.0 Å². The predicted molar refractivity (Wildman–Crippen MR) is 106 cm³/mol. The van der Waals surface area contributed by atoms with Crippen LogP contribution in [0.25, 0.3) is 10.6 Å². The molecular weight excluding hydrogens is 414 g/mol. The van der Waals surface area contributed by atoms with Crippen molar-refractivity contribution >= 4 is 39.1 Å². The lowest BCUT2D eigenvalue weighted by molar-refractivity contribution is -0.121.